The molecule has 0 saturated carbocycles. The van der Waals surface area contributed by atoms with E-state index in [0.29, 0.717) is 23.2 Å². The highest BCUT2D eigenvalue weighted by Crippen LogP contribution is 2.43. The second kappa shape index (κ2) is 8.44. The maximum atomic E-state index is 13.1. The zero-order chi connectivity index (χ0) is 21.3. The van der Waals surface area contributed by atoms with E-state index in [1.807, 2.05) is 44.2 Å². The minimum atomic E-state index is -0.643. The Morgan fingerprint density at radius 1 is 1.10 bits per heavy atom. The quantitative estimate of drug-likeness (QED) is 0.547. The van der Waals surface area contributed by atoms with Gasteiger partial charge in [-0.05, 0) is 36.8 Å². The van der Waals surface area contributed by atoms with Gasteiger partial charge in [-0.2, -0.15) is 4.98 Å². The fourth-order valence-electron chi connectivity index (χ4n) is 3.48. The molecule has 0 spiro atoms. The van der Waals surface area contributed by atoms with Gasteiger partial charge < -0.3 is 4.74 Å². The molecule has 1 atom stereocenters. The molecular formula is C23H24N4O2S. The molecular weight excluding hydrogens is 396 g/mol. The minimum absolute atomic E-state index is 0.0328. The van der Waals surface area contributed by atoms with Crippen LogP contribution in [0.4, 0.5) is 5.69 Å². The van der Waals surface area contributed by atoms with Crippen molar-refractivity contribution in [2.75, 3.05) is 10.7 Å². The molecule has 1 amide bonds. The molecule has 0 bridgehead atoms. The van der Waals surface area contributed by atoms with Crippen LogP contribution in [0.1, 0.15) is 43.2 Å². The predicted octanol–water partition coefficient (Wildman–Crippen LogP) is 5.10. The maximum Gasteiger partial charge on any atom is 0.247 e. The van der Waals surface area contributed by atoms with E-state index in [2.05, 4.69) is 41.2 Å². The van der Waals surface area contributed by atoms with Gasteiger partial charge in [0.2, 0.25) is 23.2 Å². The molecule has 7 heteroatoms. The molecule has 0 unspecified atom stereocenters. The summed E-state index contributed by atoms with van der Waals surface area (Å²) in [5.74, 6) is 1.19. The van der Waals surface area contributed by atoms with Crippen LogP contribution in [0.25, 0.3) is 11.3 Å². The van der Waals surface area contributed by atoms with Crippen LogP contribution in [-0.2, 0) is 4.79 Å². The normalized spacial score (nSPS) is 15.1. The number of nitrogens with zero attached hydrogens (tertiary/aromatic N) is 4. The highest BCUT2D eigenvalue weighted by Gasteiger charge is 2.35. The van der Waals surface area contributed by atoms with Crippen molar-refractivity contribution in [2.45, 2.75) is 45.5 Å². The van der Waals surface area contributed by atoms with E-state index >= 15 is 0 Å². The fourth-order valence-corrected chi connectivity index (χ4v) is 3.98. The van der Waals surface area contributed by atoms with E-state index in [4.69, 9.17) is 4.74 Å². The van der Waals surface area contributed by atoms with E-state index in [9.17, 15) is 4.79 Å². The maximum absolute atomic E-state index is 13.1. The summed E-state index contributed by atoms with van der Waals surface area (Å²) in [4.78, 5) is 19.5. The lowest BCUT2D eigenvalue weighted by molar-refractivity contribution is -0.120. The number of para-hydroxylation sites is 1. The lowest BCUT2D eigenvalue weighted by Gasteiger charge is -2.31. The predicted molar refractivity (Wildman–Crippen MR) is 119 cm³/mol. The van der Waals surface area contributed by atoms with Crippen LogP contribution in [0.2, 0.25) is 0 Å². The van der Waals surface area contributed by atoms with Crippen LogP contribution in [0.15, 0.2) is 47.6 Å². The van der Waals surface area contributed by atoms with E-state index in [-0.39, 0.29) is 5.91 Å². The second-order valence-electron chi connectivity index (χ2n) is 7.13. The van der Waals surface area contributed by atoms with Crippen LogP contribution in [0.3, 0.4) is 0 Å². The summed E-state index contributed by atoms with van der Waals surface area (Å²) in [6.45, 7) is 8.02. The van der Waals surface area contributed by atoms with E-state index in [1.165, 1.54) is 17.3 Å². The van der Waals surface area contributed by atoms with E-state index in [0.717, 1.165) is 28.1 Å². The molecule has 0 radical (unpaired) electrons. The van der Waals surface area contributed by atoms with E-state index in [1.54, 1.807) is 4.90 Å². The summed E-state index contributed by atoms with van der Waals surface area (Å²) in [6, 6.07) is 13.8. The average Bonchev–Trinajstić information content (AvgIpc) is 2.90. The van der Waals surface area contributed by atoms with Crippen molar-refractivity contribution in [1.29, 1.82) is 0 Å². The van der Waals surface area contributed by atoms with Gasteiger partial charge in [0.1, 0.15) is 0 Å². The van der Waals surface area contributed by atoms with Gasteiger partial charge >= 0.3 is 0 Å². The largest absolute Gasteiger partial charge is 0.447 e. The van der Waals surface area contributed by atoms with Crippen molar-refractivity contribution in [3.8, 4) is 17.1 Å². The number of thioether (sulfide) groups is 1. The molecule has 1 aliphatic rings. The molecule has 0 fully saturated rings. The molecule has 1 aliphatic heterocycles. The van der Waals surface area contributed by atoms with Gasteiger partial charge in [0.15, 0.2) is 5.69 Å². The summed E-state index contributed by atoms with van der Waals surface area (Å²) in [5, 5.41) is 9.23. The number of aromatic nitrogens is 3. The number of benzene rings is 2. The number of anilines is 1. The standard InChI is InChI=1S/C23H24N4O2S/c1-5-19(28)27-18-10-8-7-9-17(18)20-21(24-23(26-25-20)30-6-2)29-22(27)16-12-11-14(3)15(4)13-16/h7-13,22H,5-6H2,1-4H3/t22-/m1/s1. The number of carbonyl (C=O) groups is 1. The smallest absolute Gasteiger partial charge is 0.247 e. The van der Waals surface area contributed by atoms with Gasteiger partial charge in [0.25, 0.3) is 0 Å². The lowest BCUT2D eigenvalue weighted by Crippen LogP contribution is -2.37. The van der Waals surface area contributed by atoms with Crippen molar-refractivity contribution in [1.82, 2.24) is 15.2 Å². The van der Waals surface area contributed by atoms with Crippen LogP contribution in [0.5, 0.6) is 5.88 Å². The molecule has 0 saturated heterocycles. The first-order chi connectivity index (χ1) is 14.5. The highest BCUT2D eigenvalue weighted by atomic mass is 32.2. The molecule has 0 aliphatic carbocycles. The topological polar surface area (TPSA) is 68.2 Å². The summed E-state index contributed by atoms with van der Waals surface area (Å²) >= 11 is 1.50. The Morgan fingerprint density at radius 3 is 2.63 bits per heavy atom. The van der Waals surface area contributed by atoms with Gasteiger partial charge in [-0.1, -0.05) is 62.0 Å². The molecule has 6 nitrogen and oxygen atoms in total. The van der Waals surface area contributed by atoms with Gasteiger partial charge in [-0.25, -0.2) is 0 Å². The SMILES string of the molecule is CCSc1nnc2c(n1)O[C@H](c1ccc(C)c(C)c1)N(C(=O)CC)c1ccccc1-2. The number of hydrogen-bond donors (Lipinski definition) is 0. The number of fused-ring (bicyclic) bond motifs is 3. The third-order valence-corrected chi connectivity index (χ3v) is 5.89. The molecule has 0 N–H and O–H groups in total. The third-order valence-electron chi connectivity index (χ3n) is 5.17. The Labute approximate surface area is 180 Å². The molecule has 4 rings (SSSR count). The third kappa shape index (κ3) is 3.65. The van der Waals surface area contributed by atoms with Crippen molar-refractivity contribution in [3.05, 3.63) is 59.2 Å². The molecule has 30 heavy (non-hydrogen) atoms. The number of amides is 1. The van der Waals surface area contributed by atoms with E-state index < -0.39 is 6.23 Å². The summed E-state index contributed by atoms with van der Waals surface area (Å²) in [7, 11) is 0. The van der Waals surface area contributed by atoms with Gasteiger partial charge in [-0.15, -0.1) is 10.2 Å². The summed E-state index contributed by atoms with van der Waals surface area (Å²) in [5.41, 5.74) is 5.30. The minimum Gasteiger partial charge on any atom is -0.447 e. The zero-order valence-corrected chi connectivity index (χ0v) is 18.4. The Bertz CT molecular complexity index is 1100. The molecule has 2 aromatic carbocycles. The fraction of sp³-hybridized carbons (Fsp3) is 0.304. The molecule has 2 heterocycles. The number of carbonyl (C=O) groups excluding carboxylic acids is 1. The average molecular weight is 421 g/mol. The first-order valence-electron chi connectivity index (χ1n) is 10.1. The van der Waals surface area contributed by atoms with Gasteiger partial charge in [0.05, 0.1) is 5.69 Å². The molecule has 1 aromatic heterocycles. The first kappa shape index (κ1) is 20.3. The summed E-state index contributed by atoms with van der Waals surface area (Å²) < 4.78 is 6.42. The number of aryl methyl sites for hydroxylation is 2. The second-order valence-corrected chi connectivity index (χ2v) is 8.36. The van der Waals surface area contributed by atoms with Crippen molar-refractivity contribution in [2.24, 2.45) is 0 Å². The monoisotopic (exact) mass is 420 g/mol. The van der Waals surface area contributed by atoms with Crippen LogP contribution in [0, 0.1) is 13.8 Å². The van der Waals surface area contributed by atoms with Gasteiger partial charge in [0, 0.05) is 17.5 Å². The Morgan fingerprint density at radius 2 is 1.90 bits per heavy atom. The van der Waals surface area contributed by atoms with Crippen molar-refractivity contribution < 1.29 is 9.53 Å². The first-order valence-corrected chi connectivity index (χ1v) is 11.0. The lowest BCUT2D eigenvalue weighted by atomic mass is 10.0. The number of rotatable bonds is 4. The Balaban J connectivity index is 1.95. The van der Waals surface area contributed by atoms with Crippen LogP contribution >= 0.6 is 11.8 Å². The number of ether oxygens (including phenoxy) is 1. The molecule has 3 aromatic rings. The Kier molecular flexibility index (Phi) is 5.72. The highest BCUT2D eigenvalue weighted by molar-refractivity contribution is 7.99. The zero-order valence-electron chi connectivity index (χ0n) is 17.5. The van der Waals surface area contributed by atoms with Crippen LogP contribution < -0.4 is 9.64 Å². The van der Waals surface area contributed by atoms with Crippen LogP contribution in [-0.4, -0.2) is 26.8 Å². The van der Waals surface area contributed by atoms with Crippen molar-refractivity contribution in [3.63, 3.8) is 0 Å². The summed E-state index contributed by atoms with van der Waals surface area (Å²) in [6.07, 6.45) is -0.291. The molecule has 154 valence electrons. The van der Waals surface area contributed by atoms with Gasteiger partial charge in [-0.3, -0.25) is 9.69 Å². The van der Waals surface area contributed by atoms with Crippen molar-refractivity contribution >= 4 is 23.4 Å². The number of hydrogen-bond acceptors (Lipinski definition) is 6. The Hall–Kier alpha value is -2.93.